The molecule has 1 fully saturated rings. The molecule has 0 saturated carbocycles. The van der Waals surface area contributed by atoms with Crippen LogP contribution in [-0.2, 0) is 13.0 Å². The summed E-state index contributed by atoms with van der Waals surface area (Å²) in [7, 11) is 0. The summed E-state index contributed by atoms with van der Waals surface area (Å²) in [4.78, 5) is 28.0. The molecule has 0 radical (unpaired) electrons. The fraction of sp³-hybridized carbons (Fsp3) is 0.348. The van der Waals surface area contributed by atoms with E-state index in [4.69, 9.17) is 4.52 Å². The molecule has 4 aromatic rings. The molecule has 1 aliphatic heterocycles. The standard InChI is InChI=1S/C23H24N4O3S.ClH/c1-2-16-12-18(30-25-16)14-26-19-13-20(15-6-4-3-5-7-15)31-21(19)22(28)27(23(26)29)17-8-10-24-11-9-17;/h3-7,12-13,17,24H,2,8-11,14H2,1H3;1H. The number of piperidine rings is 1. The molecule has 0 aliphatic carbocycles. The molecule has 0 amide bonds. The Kier molecular flexibility index (Phi) is 6.64. The minimum absolute atomic E-state index is 0. The Labute approximate surface area is 195 Å². The Morgan fingerprint density at radius 3 is 2.59 bits per heavy atom. The van der Waals surface area contributed by atoms with E-state index in [0.717, 1.165) is 48.5 Å². The Morgan fingerprint density at radius 1 is 1.16 bits per heavy atom. The van der Waals surface area contributed by atoms with E-state index in [1.54, 1.807) is 4.57 Å². The number of aryl methyl sites for hydroxylation is 1. The van der Waals surface area contributed by atoms with Gasteiger partial charge in [-0.1, -0.05) is 42.4 Å². The van der Waals surface area contributed by atoms with Crippen LogP contribution in [0.3, 0.4) is 0 Å². The number of hydrogen-bond acceptors (Lipinski definition) is 6. The van der Waals surface area contributed by atoms with Crippen LogP contribution in [-0.4, -0.2) is 27.4 Å². The molecule has 168 valence electrons. The molecule has 4 heterocycles. The highest BCUT2D eigenvalue weighted by Crippen LogP contribution is 2.32. The first kappa shape index (κ1) is 22.5. The average Bonchev–Trinajstić information content (AvgIpc) is 3.45. The van der Waals surface area contributed by atoms with E-state index >= 15 is 0 Å². The molecule has 0 spiro atoms. The van der Waals surface area contributed by atoms with Crippen LogP contribution in [0.15, 0.2) is 56.6 Å². The Balaban J connectivity index is 0.00000245. The van der Waals surface area contributed by atoms with Crippen LogP contribution < -0.4 is 16.6 Å². The van der Waals surface area contributed by atoms with Crippen molar-refractivity contribution in [2.24, 2.45) is 0 Å². The number of thiophene rings is 1. The number of nitrogens with zero attached hydrogens (tertiary/aromatic N) is 3. The quantitative estimate of drug-likeness (QED) is 0.477. The monoisotopic (exact) mass is 472 g/mol. The highest BCUT2D eigenvalue weighted by atomic mass is 35.5. The van der Waals surface area contributed by atoms with Crippen LogP contribution in [0, 0.1) is 0 Å². The Bertz CT molecular complexity index is 1330. The van der Waals surface area contributed by atoms with Crippen LogP contribution in [0.5, 0.6) is 0 Å². The lowest BCUT2D eigenvalue weighted by Crippen LogP contribution is -2.44. The predicted octanol–water partition coefficient (Wildman–Crippen LogP) is 3.84. The van der Waals surface area contributed by atoms with Crippen LogP contribution in [0.4, 0.5) is 0 Å². The molecular weight excluding hydrogens is 448 g/mol. The minimum atomic E-state index is -0.281. The van der Waals surface area contributed by atoms with Crippen LogP contribution in [0.25, 0.3) is 20.7 Å². The van der Waals surface area contributed by atoms with Gasteiger partial charge in [-0.2, -0.15) is 0 Å². The maximum absolute atomic E-state index is 13.6. The largest absolute Gasteiger partial charge is 0.359 e. The molecule has 1 aliphatic rings. The molecule has 0 bridgehead atoms. The summed E-state index contributed by atoms with van der Waals surface area (Å²) in [5.74, 6) is 0.614. The van der Waals surface area contributed by atoms with E-state index in [1.165, 1.54) is 15.9 Å². The topological polar surface area (TPSA) is 82.1 Å². The van der Waals surface area contributed by atoms with Crippen molar-refractivity contribution in [3.63, 3.8) is 0 Å². The normalized spacial score (nSPS) is 14.5. The third-order valence-corrected chi connectivity index (χ3v) is 7.03. The van der Waals surface area contributed by atoms with Gasteiger partial charge >= 0.3 is 5.69 Å². The van der Waals surface area contributed by atoms with Crippen molar-refractivity contribution in [1.29, 1.82) is 0 Å². The van der Waals surface area contributed by atoms with Gasteiger partial charge in [-0.15, -0.1) is 23.7 Å². The van der Waals surface area contributed by atoms with E-state index in [2.05, 4.69) is 10.5 Å². The lowest BCUT2D eigenvalue weighted by atomic mass is 10.1. The van der Waals surface area contributed by atoms with Crippen molar-refractivity contribution in [3.05, 3.63) is 74.8 Å². The van der Waals surface area contributed by atoms with Gasteiger partial charge in [0.1, 0.15) is 4.70 Å². The molecule has 1 aromatic carbocycles. The van der Waals surface area contributed by atoms with Crippen molar-refractivity contribution in [2.45, 2.75) is 38.8 Å². The van der Waals surface area contributed by atoms with E-state index in [0.29, 0.717) is 16.0 Å². The number of benzene rings is 1. The summed E-state index contributed by atoms with van der Waals surface area (Å²) in [6.07, 6.45) is 2.29. The predicted molar refractivity (Wildman–Crippen MR) is 129 cm³/mol. The van der Waals surface area contributed by atoms with E-state index in [1.807, 2.05) is 49.4 Å². The second-order valence-electron chi connectivity index (χ2n) is 7.85. The zero-order valence-electron chi connectivity index (χ0n) is 17.7. The van der Waals surface area contributed by atoms with Gasteiger partial charge in [0, 0.05) is 17.0 Å². The lowest BCUT2D eigenvalue weighted by molar-refractivity contribution is 0.339. The Hall–Kier alpha value is -2.68. The van der Waals surface area contributed by atoms with Crippen molar-refractivity contribution in [3.8, 4) is 10.4 Å². The highest BCUT2D eigenvalue weighted by Gasteiger charge is 2.24. The van der Waals surface area contributed by atoms with Gasteiger partial charge in [0.05, 0.1) is 17.8 Å². The van der Waals surface area contributed by atoms with Gasteiger partial charge in [-0.25, -0.2) is 4.79 Å². The summed E-state index contributed by atoms with van der Waals surface area (Å²) in [5.41, 5.74) is 2.06. The first-order valence-corrected chi connectivity index (χ1v) is 11.5. The molecule has 32 heavy (non-hydrogen) atoms. The van der Waals surface area contributed by atoms with Crippen LogP contribution in [0.1, 0.15) is 37.3 Å². The molecular formula is C23H25ClN4O3S. The Morgan fingerprint density at radius 2 is 1.91 bits per heavy atom. The van der Waals surface area contributed by atoms with Gasteiger partial charge in [-0.3, -0.25) is 13.9 Å². The number of hydrogen-bond donors (Lipinski definition) is 1. The molecule has 0 atom stereocenters. The first-order valence-electron chi connectivity index (χ1n) is 10.6. The minimum Gasteiger partial charge on any atom is -0.359 e. The van der Waals surface area contributed by atoms with E-state index < -0.39 is 0 Å². The number of aromatic nitrogens is 3. The first-order chi connectivity index (χ1) is 15.2. The summed E-state index contributed by atoms with van der Waals surface area (Å²) < 4.78 is 9.20. The van der Waals surface area contributed by atoms with Crippen molar-refractivity contribution < 1.29 is 4.52 Å². The molecule has 9 heteroatoms. The highest BCUT2D eigenvalue weighted by molar-refractivity contribution is 7.22. The SMILES string of the molecule is CCc1cc(Cn2c(=O)n(C3CCNCC3)c(=O)c3sc(-c4ccccc4)cc32)on1.Cl. The molecule has 3 aromatic heterocycles. The van der Waals surface area contributed by atoms with Crippen LogP contribution in [0.2, 0.25) is 0 Å². The van der Waals surface area contributed by atoms with Gasteiger partial charge in [0.15, 0.2) is 5.76 Å². The fourth-order valence-corrected chi connectivity index (χ4v) is 5.31. The van der Waals surface area contributed by atoms with Gasteiger partial charge in [-0.05, 0) is 44.0 Å². The zero-order chi connectivity index (χ0) is 21.4. The van der Waals surface area contributed by atoms with Crippen molar-refractivity contribution in [1.82, 2.24) is 19.6 Å². The number of rotatable bonds is 5. The zero-order valence-corrected chi connectivity index (χ0v) is 19.4. The van der Waals surface area contributed by atoms with Gasteiger partial charge in [0.25, 0.3) is 5.56 Å². The second-order valence-corrected chi connectivity index (χ2v) is 8.91. The average molecular weight is 473 g/mol. The summed E-state index contributed by atoms with van der Waals surface area (Å²) in [5, 5.41) is 7.36. The molecule has 5 rings (SSSR count). The summed E-state index contributed by atoms with van der Waals surface area (Å²) in [6, 6.07) is 13.7. The number of fused-ring (bicyclic) bond motifs is 1. The smallest absolute Gasteiger partial charge is 0.332 e. The van der Waals surface area contributed by atoms with Gasteiger partial charge < -0.3 is 9.84 Å². The summed E-state index contributed by atoms with van der Waals surface area (Å²) in [6.45, 7) is 3.86. The van der Waals surface area contributed by atoms with Crippen LogP contribution >= 0.6 is 23.7 Å². The lowest BCUT2D eigenvalue weighted by Gasteiger charge is -2.24. The molecule has 7 nitrogen and oxygen atoms in total. The van der Waals surface area contributed by atoms with E-state index in [-0.39, 0.29) is 36.2 Å². The molecule has 0 unspecified atom stereocenters. The maximum atomic E-state index is 13.6. The molecule has 1 N–H and O–H groups in total. The third-order valence-electron chi connectivity index (χ3n) is 5.87. The maximum Gasteiger partial charge on any atom is 0.332 e. The summed E-state index contributed by atoms with van der Waals surface area (Å²) >= 11 is 1.44. The fourth-order valence-electron chi connectivity index (χ4n) is 4.20. The molecule has 1 saturated heterocycles. The number of nitrogens with one attached hydrogen (secondary N) is 1. The van der Waals surface area contributed by atoms with Crippen molar-refractivity contribution >= 4 is 34.0 Å². The second kappa shape index (κ2) is 9.44. The number of halogens is 1. The van der Waals surface area contributed by atoms with E-state index in [9.17, 15) is 9.59 Å². The third kappa shape index (κ3) is 4.05. The van der Waals surface area contributed by atoms with Crippen molar-refractivity contribution in [2.75, 3.05) is 13.1 Å². The van der Waals surface area contributed by atoms with Gasteiger partial charge in [0.2, 0.25) is 0 Å².